The molecule has 0 aromatic heterocycles. The van der Waals surface area contributed by atoms with Gasteiger partial charge >= 0.3 is 0 Å². The highest BCUT2D eigenvalue weighted by atomic mass is 16.5. The van der Waals surface area contributed by atoms with Crippen molar-refractivity contribution >= 4 is 5.69 Å². The molecule has 0 atom stereocenters. The molecule has 0 spiro atoms. The van der Waals surface area contributed by atoms with Gasteiger partial charge in [0.25, 0.3) is 0 Å². The third-order valence-corrected chi connectivity index (χ3v) is 7.89. The van der Waals surface area contributed by atoms with E-state index in [-0.39, 0.29) is 0 Å². The van der Waals surface area contributed by atoms with Crippen LogP contribution < -0.4 is 10.2 Å². The summed E-state index contributed by atoms with van der Waals surface area (Å²) < 4.78 is 6.16. The number of nitrogens with zero attached hydrogens (tertiary/aromatic N) is 4. The van der Waals surface area contributed by atoms with E-state index in [1.165, 1.54) is 57.1 Å². The summed E-state index contributed by atoms with van der Waals surface area (Å²) in [6.07, 6.45) is 2.76. The van der Waals surface area contributed by atoms with E-state index in [0.717, 1.165) is 51.5 Å². The zero-order valence-corrected chi connectivity index (χ0v) is 22.2. The lowest BCUT2D eigenvalue weighted by molar-refractivity contribution is -0.0283. The first kappa shape index (κ1) is 25.9. The van der Waals surface area contributed by atoms with Crippen LogP contribution in [-0.4, -0.2) is 105 Å². The lowest BCUT2D eigenvalue weighted by atomic mass is 9.89. The van der Waals surface area contributed by atoms with Gasteiger partial charge in [0.1, 0.15) is 0 Å². The number of piperazine rings is 2. The number of ether oxygens (including phenoxy) is 1. The van der Waals surface area contributed by atoms with Gasteiger partial charge in [0.05, 0.1) is 12.7 Å². The first-order chi connectivity index (χ1) is 16.5. The standard InChI is InChI=1S/C28H49N5O/c1-23(2)22-31-11-9-30(10-12-31)17-18-34-28-19-26(20-28)29-21-25-5-7-27(8-6-25)33-15-13-32(14-16-33)24(3)4/h5-8,23-24,26,28-29H,9-22H2,1-4H3. The monoisotopic (exact) mass is 471 g/mol. The Hall–Kier alpha value is -1.18. The van der Waals surface area contributed by atoms with E-state index in [0.29, 0.717) is 18.2 Å². The molecule has 2 heterocycles. The smallest absolute Gasteiger partial charge is 0.0605 e. The summed E-state index contributed by atoms with van der Waals surface area (Å²) in [6, 6.07) is 10.5. The minimum atomic E-state index is 0.451. The highest BCUT2D eigenvalue weighted by Crippen LogP contribution is 2.24. The summed E-state index contributed by atoms with van der Waals surface area (Å²) >= 11 is 0. The molecule has 4 rings (SSSR count). The van der Waals surface area contributed by atoms with Gasteiger partial charge in [0.15, 0.2) is 0 Å². The topological polar surface area (TPSA) is 34.2 Å². The maximum atomic E-state index is 6.16. The van der Waals surface area contributed by atoms with E-state index >= 15 is 0 Å². The Balaban J connectivity index is 1.05. The van der Waals surface area contributed by atoms with Crippen molar-refractivity contribution in [1.29, 1.82) is 0 Å². The largest absolute Gasteiger partial charge is 0.377 e. The molecule has 3 fully saturated rings. The molecular formula is C28H49N5O. The number of hydrogen-bond donors (Lipinski definition) is 1. The Morgan fingerprint density at radius 2 is 1.50 bits per heavy atom. The Labute approximate surface area is 208 Å². The molecule has 0 bridgehead atoms. The van der Waals surface area contributed by atoms with Crippen LogP contribution in [0.1, 0.15) is 46.1 Å². The number of rotatable bonds is 11. The maximum absolute atomic E-state index is 6.16. The molecular weight excluding hydrogens is 422 g/mol. The van der Waals surface area contributed by atoms with E-state index in [1.54, 1.807) is 0 Å². The van der Waals surface area contributed by atoms with E-state index < -0.39 is 0 Å². The van der Waals surface area contributed by atoms with E-state index in [4.69, 9.17) is 4.74 Å². The second kappa shape index (κ2) is 12.7. The highest BCUT2D eigenvalue weighted by molar-refractivity contribution is 5.48. The average Bonchev–Trinajstić information content (AvgIpc) is 2.81. The van der Waals surface area contributed by atoms with Gasteiger partial charge in [0, 0.05) is 89.8 Å². The molecule has 2 aliphatic heterocycles. The molecule has 6 heteroatoms. The van der Waals surface area contributed by atoms with Crippen LogP contribution in [0.4, 0.5) is 5.69 Å². The third kappa shape index (κ3) is 7.66. The van der Waals surface area contributed by atoms with Crippen molar-refractivity contribution in [2.75, 3.05) is 77.0 Å². The van der Waals surface area contributed by atoms with Crippen LogP contribution >= 0.6 is 0 Å². The predicted octanol–water partition coefficient (Wildman–Crippen LogP) is 3.13. The molecule has 34 heavy (non-hydrogen) atoms. The third-order valence-electron chi connectivity index (χ3n) is 7.89. The summed E-state index contributed by atoms with van der Waals surface area (Å²) in [5.41, 5.74) is 2.75. The van der Waals surface area contributed by atoms with Gasteiger partial charge in [-0.1, -0.05) is 26.0 Å². The molecule has 6 nitrogen and oxygen atoms in total. The number of benzene rings is 1. The fourth-order valence-electron chi connectivity index (χ4n) is 5.51. The van der Waals surface area contributed by atoms with Gasteiger partial charge in [-0.3, -0.25) is 9.80 Å². The second-order valence-electron chi connectivity index (χ2n) is 11.4. The highest BCUT2D eigenvalue weighted by Gasteiger charge is 2.29. The lowest BCUT2D eigenvalue weighted by Gasteiger charge is -2.38. The molecule has 1 aromatic carbocycles. The van der Waals surface area contributed by atoms with Crippen molar-refractivity contribution in [2.24, 2.45) is 5.92 Å². The maximum Gasteiger partial charge on any atom is 0.0605 e. The normalized spacial score (nSPS) is 25.3. The Bertz CT molecular complexity index is 702. The second-order valence-corrected chi connectivity index (χ2v) is 11.4. The Kier molecular flexibility index (Phi) is 9.66. The van der Waals surface area contributed by atoms with Crippen molar-refractivity contribution in [3.8, 4) is 0 Å². The summed E-state index contributed by atoms with van der Waals surface area (Å²) in [5, 5.41) is 3.73. The minimum absolute atomic E-state index is 0.451. The van der Waals surface area contributed by atoms with Crippen molar-refractivity contribution in [2.45, 2.75) is 65.3 Å². The minimum Gasteiger partial charge on any atom is -0.377 e. The van der Waals surface area contributed by atoms with Gasteiger partial charge < -0.3 is 19.9 Å². The zero-order valence-electron chi connectivity index (χ0n) is 22.2. The summed E-state index contributed by atoms with van der Waals surface area (Å²) in [4.78, 5) is 10.3. The average molecular weight is 472 g/mol. The summed E-state index contributed by atoms with van der Waals surface area (Å²) in [5.74, 6) is 0.769. The molecule has 1 aliphatic carbocycles. The fraction of sp³-hybridized carbons (Fsp3) is 0.786. The molecule has 0 radical (unpaired) electrons. The molecule has 1 N–H and O–H groups in total. The van der Waals surface area contributed by atoms with E-state index in [1.807, 2.05) is 0 Å². The van der Waals surface area contributed by atoms with Crippen LogP contribution in [-0.2, 0) is 11.3 Å². The molecule has 1 saturated carbocycles. The number of nitrogens with one attached hydrogen (secondary N) is 1. The summed E-state index contributed by atoms with van der Waals surface area (Å²) in [7, 11) is 0. The van der Waals surface area contributed by atoms with Gasteiger partial charge in [-0.05, 0) is 50.3 Å². The van der Waals surface area contributed by atoms with Gasteiger partial charge in [-0.25, -0.2) is 0 Å². The molecule has 192 valence electrons. The van der Waals surface area contributed by atoms with Gasteiger partial charge in [-0.2, -0.15) is 0 Å². The first-order valence-electron chi connectivity index (χ1n) is 13.8. The van der Waals surface area contributed by atoms with E-state index in [2.05, 4.69) is 76.9 Å². The van der Waals surface area contributed by atoms with Crippen LogP contribution in [0.3, 0.4) is 0 Å². The quantitative estimate of drug-likeness (QED) is 0.534. The first-order valence-corrected chi connectivity index (χ1v) is 13.8. The predicted molar refractivity (Wildman–Crippen MR) is 143 cm³/mol. The van der Waals surface area contributed by atoms with Crippen LogP contribution in [0.5, 0.6) is 0 Å². The van der Waals surface area contributed by atoms with Crippen LogP contribution in [0, 0.1) is 5.92 Å². The van der Waals surface area contributed by atoms with E-state index in [9.17, 15) is 0 Å². The number of anilines is 1. The Morgan fingerprint density at radius 1 is 0.853 bits per heavy atom. The number of hydrogen-bond acceptors (Lipinski definition) is 6. The molecule has 3 aliphatic rings. The van der Waals surface area contributed by atoms with Crippen molar-refractivity contribution < 1.29 is 4.74 Å². The molecule has 2 saturated heterocycles. The van der Waals surface area contributed by atoms with Gasteiger partial charge in [0.2, 0.25) is 0 Å². The fourth-order valence-corrected chi connectivity index (χ4v) is 5.51. The molecule has 1 aromatic rings. The van der Waals surface area contributed by atoms with Crippen LogP contribution in [0.25, 0.3) is 0 Å². The van der Waals surface area contributed by atoms with Crippen molar-refractivity contribution in [3.63, 3.8) is 0 Å². The van der Waals surface area contributed by atoms with Crippen molar-refractivity contribution in [1.82, 2.24) is 20.0 Å². The van der Waals surface area contributed by atoms with Crippen LogP contribution in [0.2, 0.25) is 0 Å². The molecule has 0 unspecified atom stereocenters. The van der Waals surface area contributed by atoms with Gasteiger partial charge in [-0.15, -0.1) is 0 Å². The zero-order chi connectivity index (χ0) is 23.9. The lowest BCUT2D eigenvalue weighted by Crippen LogP contribution is -2.49. The van der Waals surface area contributed by atoms with Crippen molar-refractivity contribution in [3.05, 3.63) is 29.8 Å². The van der Waals surface area contributed by atoms with Crippen LogP contribution in [0.15, 0.2) is 24.3 Å². The summed E-state index contributed by atoms with van der Waals surface area (Å²) in [6.45, 7) is 22.8. The molecule has 0 amide bonds. The Morgan fingerprint density at radius 3 is 2.12 bits per heavy atom. The SMILES string of the molecule is CC(C)CN1CCN(CCOC2CC(NCc3ccc(N4CCN(C(C)C)CC4)cc3)C2)CC1.